The van der Waals surface area contributed by atoms with E-state index < -0.39 is 0 Å². The van der Waals surface area contributed by atoms with E-state index in [-0.39, 0.29) is 58.4 Å². The van der Waals surface area contributed by atoms with E-state index in [1.165, 1.54) is 0 Å². The summed E-state index contributed by atoms with van der Waals surface area (Å²) in [6.07, 6.45) is 3.91. The third-order valence-corrected chi connectivity index (χ3v) is 5.15. The highest BCUT2D eigenvalue weighted by Gasteiger charge is 2.28. The molecule has 3 N–H and O–H groups in total. The van der Waals surface area contributed by atoms with Gasteiger partial charge in [-0.25, -0.2) is 0 Å². The van der Waals surface area contributed by atoms with Crippen molar-refractivity contribution >= 4 is 11.7 Å². The van der Waals surface area contributed by atoms with Crippen molar-refractivity contribution in [3.8, 4) is 5.75 Å². The predicted molar refractivity (Wildman–Crippen MR) is 121 cm³/mol. The quantitative estimate of drug-likeness (QED) is 0.285. The molecule has 7 heteroatoms. The van der Waals surface area contributed by atoms with Crippen LogP contribution in [0.15, 0.2) is 36.7 Å². The molecule has 0 atom stereocenters. The number of Topliss-reactive ketones (excluding diaryl/α,β-unsaturated/α-hetero) is 1. The summed E-state index contributed by atoms with van der Waals surface area (Å²) >= 11 is 0. The molecule has 0 unspecified atom stereocenters. The average molecular weight is 507 g/mol. The van der Waals surface area contributed by atoms with E-state index in [2.05, 4.69) is 5.32 Å². The number of halogens is 1. The topological polar surface area (TPSA) is 90.5 Å². The first kappa shape index (κ1) is 27.8. The lowest BCUT2D eigenvalue weighted by Crippen LogP contribution is -3.00. The first-order valence-electron chi connectivity index (χ1n) is 10.6. The van der Waals surface area contributed by atoms with Gasteiger partial charge >= 0.3 is 0 Å². The summed E-state index contributed by atoms with van der Waals surface area (Å²) in [5.41, 5.74) is 1.95. The third-order valence-electron chi connectivity index (χ3n) is 5.15. The molecule has 0 bridgehead atoms. The fourth-order valence-corrected chi connectivity index (χ4v) is 3.29. The predicted octanol–water partition coefficient (Wildman–Crippen LogP) is 0.274. The van der Waals surface area contributed by atoms with E-state index in [9.17, 15) is 14.7 Å². The number of carbonyl (C=O) groups is 2. The summed E-state index contributed by atoms with van der Waals surface area (Å²) in [4.78, 5) is 25.1. The van der Waals surface area contributed by atoms with Crippen LogP contribution in [-0.4, -0.2) is 35.1 Å². The molecule has 0 aliphatic carbocycles. The van der Waals surface area contributed by atoms with Gasteiger partial charge in [-0.3, -0.25) is 9.59 Å². The molecule has 1 heterocycles. The molecule has 1 aromatic carbocycles. The zero-order valence-corrected chi connectivity index (χ0v) is 21.4. The number of benzene rings is 1. The lowest BCUT2D eigenvalue weighted by molar-refractivity contribution is -0.683. The van der Waals surface area contributed by atoms with Crippen LogP contribution in [0.3, 0.4) is 0 Å². The first-order valence-corrected chi connectivity index (χ1v) is 10.6. The van der Waals surface area contributed by atoms with Crippen LogP contribution in [0.4, 0.5) is 0 Å². The second-order valence-electron chi connectivity index (χ2n) is 9.94. The number of phenolic OH excluding ortho intramolecular Hbond substituents is 1. The standard InChI is InChI=1S/C25H34N2O4.BrH/c1-24(2,3)19-14-18(15-20(22(19)30)25(4,5)6)21(29)16-27-11-8-17(9-12-27)23(31)26-10-7-13-28;/h8-9,11-12,14-15,28H,7,10,13,16H2,1-6H3,(H-,26,29,30,31);1H. The van der Waals surface area contributed by atoms with Gasteiger partial charge in [0.15, 0.2) is 12.4 Å². The largest absolute Gasteiger partial charge is 1.00 e. The molecule has 0 radical (unpaired) electrons. The number of hydrogen-bond donors (Lipinski definition) is 3. The molecule has 32 heavy (non-hydrogen) atoms. The van der Waals surface area contributed by atoms with Crippen LogP contribution in [-0.2, 0) is 17.4 Å². The van der Waals surface area contributed by atoms with E-state index in [0.717, 1.165) is 11.1 Å². The molecule has 6 nitrogen and oxygen atoms in total. The molecule has 0 saturated heterocycles. The minimum atomic E-state index is -0.307. The number of nitrogens with one attached hydrogen (secondary N) is 1. The number of aromatic nitrogens is 1. The fraction of sp³-hybridized carbons (Fsp3) is 0.480. The first-order chi connectivity index (χ1) is 14.3. The summed E-state index contributed by atoms with van der Waals surface area (Å²) in [5, 5.41) is 22.4. The Labute approximate surface area is 201 Å². The van der Waals surface area contributed by atoms with Gasteiger partial charge in [0.2, 0.25) is 12.3 Å². The molecular formula is C25H35BrN2O4. The van der Waals surface area contributed by atoms with Crippen LogP contribution >= 0.6 is 0 Å². The maximum atomic E-state index is 13.1. The summed E-state index contributed by atoms with van der Waals surface area (Å²) in [6, 6.07) is 6.91. The second-order valence-corrected chi connectivity index (χ2v) is 9.94. The number of aromatic hydroxyl groups is 1. The molecule has 0 spiro atoms. The normalized spacial score (nSPS) is 11.6. The molecule has 0 saturated carbocycles. The van der Waals surface area contributed by atoms with Gasteiger partial charge in [0.25, 0.3) is 5.91 Å². The maximum absolute atomic E-state index is 13.1. The number of amides is 1. The fourth-order valence-electron chi connectivity index (χ4n) is 3.29. The highest BCUT2D eigenvalue weighted by Crippen LogP contribution is 2.39. The number of hydrogen-bond acceptors (Lipinski definition) is 4. The van der Waals surface area contributed by atoms with Crippen LogP contribution in [0.25, 0.3) is 0 Å². The van der Waals surface area contributed by atoms with Gasteiger partial charge in [-0.15, -0.1) is 0 Å². The number of phenols is 1. The summed E-state index contributed by atoms with van der Waals surface area (Å²) in [6.45, 7) is 12.7. The van der Waals surface area contributed by atoms with Crippen molar-refractivity contribution in [2.45, 2.75) is 65.3 Å². The molecule has 0 fully saturated rings. The molecule has 0 aliphatic rings. The Hall–Kier alpha value is -2.25. The van der Waals surface area contributed by atoms with Crippen LogP contribution in [0.5, 0.6) is 5.75 Å². The molecule has 1 amide bonds. The van der Waals surface area contributed by atoms with Crippen LogP contribution in [0, 0.1) is 0 Å². The minimum absolute atomic E-state index is 0. The minimum Gasteiger partial charge on any atom is -1.00 e. The van der Waals surface area contributed by atoms with Crippen molar-refractivity contribution in [3.05, 3.63) is 58.9 Å². The Bertz CT molecular complexity index is 907. The smallest absolute Gasteiger partial charge is 0.251 e. The lowest BCUT2D eigenvalue weighted by atomic mass is 9.78. The Morgan fingerprint density at radius 1 is 0.938 bits per heavy atom. The Kier molecular flexibility index (Phi) is 9.60. The average Bonchev–Trinajstić information content (AvgIpc) is 2.67. The zero-order valence-electron chi connectivity index (χ0n) is 19.8. The van der Waals surface area contributed by atoms with Crippen molar-refractivity contribution in [1.82, 2.24) is 5.32 Å². The number of pyridine rings is 1. The number of rotatable bonds is 7. The van der Waals surface area contributed by atoms with E-state index >= 15 is 0 Å². The van der Waals surface area contributed by atoms with Gasteiger partial charge in [-0.2, -0.15) is 4.57 Å². The number of ketones is 1. The summed E-state index contributed by atoms with van der Waals surface area (Å²) < 4.78 is 1.73. The van der Waals surface area contributed by atoms with Crippen LogP contribution in [0.1, 0.15) is 79.8 Å². The number of carbonyl (C=O) groups excluding carboxylic acids is 2. The summed E-state index contributed by atoms with van der Waals surface area (Å²) in [5.74, 6) is -0.0305. The van der Waals surface area contributed by atoms with Crippen molar-refractivity contribution in [2.24, 2.45) is 0 Å². The third kappa shape index (κ3) is 7.14. The SMILES string of the molecule is CC(C)(C)c1cc(C(=O)C[n+]2ccc(C(=O)NCCCO)cc2)cc(C(C)(C)C)c1O.[Br-]. The lowest BCUT2D eigenvalue weighted by Gasteiger charge is -2.27. The molecule has 176 valence electrons. The van der Waals surface area contributed by atoms with Gasteiger partial charge in [0.1, 0.15) is 5.75 Å². The van der Waals surface area contributed by atoms with Gasteiger partial charge in [0, 0.05) is 42.0 Å². The van der Waals surface area contributed by atoms with E-state index in [4.69, 9.17) is 5.11 Å². The summed E-state index contributed by atoms with van der Waals surface area (Å²) in [7, 11) is 0. The molecule has 2 aromatic rings. The molecule has 1 aromatic heterocycles. The van der Waals surface area contributed by atoms with Gasteiger partial charge in [-0.1, -0.05) is 41.5 Å². The van der Waals surface area contributed by atoms with E-state index in [1.54, 1.807) is 41.2 Å². The monoisotopic (exact) mass is 506 g/mol. The van der Waals surface area contributed by atoms with Gasteiger partial charge in [-0.05, 0) is 29.4 Å². The maximum Gasteiger partial charge on any atom is 0.251 e. The Morgan fingerprint density at radius 2 is 1.44 bits per heavy atom. The highest BCUT2D eigenvalue weighted by molar-refractivity contribution is 5.96. The molecular weight excluding hydrogens is 472 g/mol. The van der Waals surface area contributed by atoms with Gasteiger partial charge < -0.3 is 32.5 Å². The molecule has 2 rings (SSSR count). The zero-order chi connectivity index (χ0) is 23.4. The van der Waals surface area contributed by atoms with Crippen LogP contribution in [0.2, 0.25) is 0 Å². The van der Waals surface area contributed by atoms with Crippen LogP contribution < -0.4 is 26.9 Å². The second kappa shape index (κ2) is 11.1. The van der Waals surface area contributed by atoms with Crippen molar-refractivity contribution < 1.29 is 41.4 Å². The van der Waals surface area contributed by atoms with Crippen molar-refractivity contribution in [3.63, 3.8) is 0 Å². The highest BCUT2D eigenvalue weighted by atomic mass is 79.9. The molecule has 0 aliphatic heterocycles. The number of nitrogens with zero attached hydrogens (tertiary/aromatic N) is 1. The van der Waals surface area contributed by atoms with E-state index in [1.807, 2.05) is 41.5 Å². The number of aliphatic hydroxyl groups excluding tert-OH is 1. The number of aliphatic hydroxyl groups is 1. The van der Waals surface area contributed by atoms with Gasteiger partial charge in [0.05, 0.1) is 5.56 Å². The van der Waals surface area contributed by atoms with E-state index in [0.29, 0.717) is 24.1 Å². The Balaban J connectivity index is 0.00000512. The van der Waals surface area contributed by atoms with Crippen molar-refractivity contribution in [1.29, 1.82) is 0 Å². The van der Waals surface area contributed by atoms with Crippen molar-refractivity contribution in [2.75, 3.05) is 13.2 Å². The Morgan fingerprint density at radius 3 is 1.88 bits per heavy atom.